The highest BCUT2D eigenvalue weighted by Crippen LogP contribution is 2.34. The SMILES string of the molecule is C[Si](C)(C)CCOCn1c(-c2ccc(NC(=O)c3cc(CN4CCC[C@@H](NC(=O)O)C4)ccn3)cc2F)cc2c(N3CCOCC3)ncnc21. The van der Waals surface area contributed by atoms with Gasteiger partial charge in [-0.15, -0.1) is 0 Å². The molecule has 266 valence electrons. The van der Waals surface area contributed by atoms with Crippen LogP contribution in [0.1, 0.15) is 28.9 Å². The largest absolute Gasteiger partial charge is 0.465 e. The van der Waals surface area contributed by atoms with Crippen molar-refractivity contribution in [2.45, 2.75) is 57.8 Å². The monoisotopic (exact) mass is 704 g/mol. The van der Waals surface area contributed by atoms with E-state index >= 15 is 4.39 Å². The average molecular weight is 705 g/mol. The first-order valence-corrected chi connectivity index (χ1v) is 20.8. The summed E-state index contributed by atoms with van der Waals surface area (Å²) in [6.07, 6.45) is 3.75. The van der Waals surface area contributed by atoms with E-state index in [9.17, 15) is 9.59 Å². The zero-order valence-corrected chi connectivity index (χ0v) is 29.8. The molecule has 2 aliphatic heterocycles. The zero-order valence-electron chi connectivity index (χ0n) is 28.8. The molecule has 2 saturated heterocycles. The van der Waals surface area contributed by atoms with Crippen LogP contribution >= 0.6 is 0 Å². The van der Waals surface area contributed by atoms with Gasteiger partial charge in [0, 0.05) is 64.3 Å². The molecule has 2 amide bonds. The molecule has 0 aliphatic carbocycles. The first-order valence-electron chi connectivity index (χ1n) is 17.1. The maximum absolute atomic E-state index is 16.0. The number of morpholine rings is 1. The molecule has 0 spiro atoms. The molecule has 2 aliphatic rings. The molecule has 2 fully saturated rings. The summed E-state index contributed by atoms with van der Waals surface area (Å²) < 4.78 is 29.6. The van der Waals surface area contributed by atoms with Crippen molar-refractivity contribution in [2.75, 3.05) is 56.2 Å². The molecule has 0 saturated carbocycles. The van der Waals surface area contributed by atoms with E-state index < -0.39 is 25.9 Å². The summed E-state index contributed by atoms with van der Waals surface area (Å²) in [7, 11) is -1.32. The van der Waals surface area contributed by atoms with Crippen LogP contribution in [-0.2, 0) is 22.7 Å². The second kappa shape index (κ2) is 15.6. The minimum absolute atomic E-state index is 0.132. The van der Waals surface area contributed by atoms with Crippen LogP contribution in [0.3, 0.4) is 0 Å². The standard InChI is InChI=1S/C35H45FN8O5Si/c1-50(2,3)16-15-49-23-44-31(19-28-32(38-22-39-33(28)44)43-11-13-48-14-12-43)27-7-6-25(18-29(27)36)40-34(45)30-17-24(8-9-37-30)20-42-10-4-5-26(21-42)41-35(46)47/h6-9,17-19,22,26,41H,4-5,10-16,20-21,23H2,1-3H3,(H,40,45)(H,46,47)/t26-/m1/s1. The second-order valence-corrected chi connectivity index (χ2v) is 19.7. The number of hydrogen-bond acceptors (Lipinski definition) is 9. The molecule has 13 nitrogen and oxygen atoms in total. The fourth-order valence-electron chi connectivity index (χ4n) is 6.41. The number of pyridine rings is 1. The number of nitrogens with zero attached hydrogens (tertiary/aromatic N) is 6. The number of hydrogen-bond donors (Lipinski definition) is 3. The summed E-state index contributed by atoms with van der Waals surface area (Å²) in [5, 5.41) is 15.2. The van der Waals surface area contributed by atoms with E-state index in [2.05, 4.69) is 55.0 Å². The number of carboxylic acid groups (broad SMARTS) is 1. The normalized spacial score (nSPS) is 17.2. The molecule has 1 aromatic carbocycles. The maximum Gasteiger partial charge on any atom is 0.404 e. The number of amides is 2. The minimum Gasteiger partial charge on any atom is -0.465 e. The molecule has 0 radical (unpaired) electrons. The minimum atomic E-state index is -1.32. The third-order valence-electron chi connectivity index (χ3n) is 9.00. The predicted molar refractivity (Wildman–Crippen MR) is 192 cm³/mol. The van der Waals surface area contributed by atoms with Crippen molar-refractivity contribution in [1.82, 2.24) is 29.7 Å². The lowest BCUT2D eigenvalue weighted by Gasteiger charge is -2.32. The molecule has 0 bridgehead atoms. The van der Waals surface area contributed by atoms with Crippen molar-refractivity contribution in [3.8, 4) is 11.3 Å². The molecule has 6 rings (SSSR count). The van der Waals surface area contributed by atoms with Crippen molar-refractivity contribution in [2.24, 2.45) is 0 Å². The molecular weight excluding hydrogens is 660 g/mol. The number of carbonyl (C=O) groups excluding carboxylic acids is 1. The lowest BCUT2D eigenvalue weighted by Crippen LogP contribution is -2.46. The summed E-state index contributed by atoms with van der Waals surface area (Å²) in [6.45, 7) is 12.3. The van der Waals surface area contributed by atoms with Crippen LogP contribution in [-0.4, -0.2) is 102 Å². The summed E-state index contributed by atoms with van der Waals surface area (Å²) in [4.78, 5) is 42.1. The number of ether oxygens (including phenoxy) is 2. The van der Waals surface area contributed by atoms with Crippen LogP contribution in [0.25, 0.3) is 22.3 Å². The summed E-state index contributed by atoms with van der Waals surface area (Å²) in [5.74, 6) is -0.193. The van der Waals surface area contributed by atoms with Gasteiger partial charge in [0.15, 0.2) is 0 Å². The lowest BCUT2D eigenvalue weighted by molar-refractivity contribution is 0.0908. The van der Waals surface area contributed by atoms with Gasteiger partial charge in [-0.05, 0) is 67.4 Å². The highest BCUT2D eigenvalue weighted by atomic mass is 28.3. The molecule has 15 heteroatoms. The van der Waals surface area contributed by atoms with E-state index in [1.807, 2.05) is 16.7 Å². The number of benzene rings is 1. The number of likely N-dealkylation sites (tertiary alicyclic amines) is 1. The van der Waals surface area contributed by atoms with Gasteiger partial charge in [-0.1, -0.05) is 19.6 Å². The van der Waals surface area contributed by atoms with E-state index in [0.717, 1.165) is 42.2 Å². The Labute approximate surface area is 291 Å². The molecule has 0 unspecified atom stereocenters. The number of nitrogens with one attached hydrogen (secondary N) is 2. The van der Waals surface area contributed by atoms with Gasteiger partial charge in [-0.2, -0.15) is 0 Å². The third-order valence-corrected chi connectivity index (χ3v) is 10.7. The summed E-state index contributed by atoms with van der Waals surface area (Å²) in [6, 6.07) is 11.0. The average Bonchev–Trinajstić information content (AvgIpc) is 3.45. The Morgan fingerprint density at radius 3 is 2.66 bits per heavy atom. The molecule has 4 aromatic rings. The van der Waals surface area contributed by atoms with E-state index in [0.29, 0.717) is 68.6 Å². The van der Waals surface area contributed by atoms with E-state index in [1.54, 1.807) is 24.4 Å². The smallest absolute Gasteiger partial charge is 0.404 e. The van der Waals surface area contributed by atoms with Crippen LogP contribution in [0.5, 0.6) is 0 Å². The van der Waals surface area contributed by atoms with Crippen molar-refractivity contribution < 1.29 is 28.6 Å². The topological polar surface area (TPSA) is 147 Å². The number of rotatable bonds is 12. The van der Waals surface area contributed by atoms with Crippen molar-refractivity contribution in [1.29, 1.82) is 0 Å². The zero-order chi connectivity index (χ0) is 35.3. The van der Waals surface area contributed by atoms with Gasteiger partial charge in [-0.3, -0.25) is 14.7 Å². The number of halogens is 1. The summed E-state index contributed by atoms with van der Waals surface area (Å²) >= 11 is 0. The molecule has 5 heterocycles. The van der Waals surface area contributed by atoms with Gasteiger partial charge in [-0.25, -0.2) is 19.2 Å². The number of fused-ring (bicyclic) bond motifs is 1. The van der Waals surface area contributed by atoms with Gasteiger partial charge in [0.1, 0.15) is 36.0 Å². The lowest BCUT2D eigenvalue weighted by atomic mass is 10.0. The molecule has 3 aromatic heterocycles. The van der Waals surface area contributed by atoms with Crippen LogP contribution < -0.4 is 15.5 Å². The van der Waals surface area contributed by atoms with Crippen molar-refractivity contribution in [3.05, 3.63) is 66.0 Å². The van der Waals surface area contributed by atoms with Crippen LogP contribution in [0.2, 0.25) is 25.7 Å². The maximum atomic E-state index is 16.0. The van der Waals surface area contributed by atoms with Crippen LogP contribution in [0.15, 0.2) is 48.9 Å². The Morgan fingerprint density at radius 2 is 1.90 bits per heavy atom. The summed E-state index contributed by atoms with van der Waals surface area (Å²) in [5.41, 5.74) is 2.98. The van der Waals surface area contributed by atoms with E-state index in [-0.39, 0.29) is 18.5 Å². The number of piperidine rings is 1. The number of aromatic nitrogens is 4. The molecule has 3 N–H and O–H groups in total. The molecule has 50 heavy (non-hydrogen) atoms. The predicted octanol–water partition coefficient (Wildman–Crippen LogP) is 5.27. The Balaban J connectivity index is 1.20. The van der Waals surface area contributed by atoms with Crippen LogP contribution in [0, 0.1) is 5.82 Å². The van der Waals surface area contributed by atoms with Crippen molar-refractivity contribution >= 4 is 42.6 Å². The Morgan fingerprint density at radius 1 is 1.08 bits per heavy atom. The highest BCUT2D eigenvalue weighted by Gasteiger charge is 2.24. The molecule has 1 atom stereocenters. The first-order chi connectivity index (χ1) is 24.0. The van der Waals surface area contributed by atoms with Crippen molar-refractivity contribution in [3.63, 3.8) is 0 Å². The van der Waals surface area contributed by atoms with Gasteiger partial charge in [0.25, 0.3) is 5.91 Å². The quantitative estimate of drug-likeness (QED) is 0.132. The fourth-order valence-corrected chi connectivity index (χ4v) is 7.16. The molecular formula is C35H45FN8O5Si. The van der Waals surface area contributed by atoms with Gasteiger partial charge >= 0.3 is 6.09 Å². The number of carbonyl (C=O) groups is 2. The number of anilines is 2. The van der Waals surface area contributed by atoms with Gasteiger partial charge in [0.2, 0.25) is 0 Å². The fraction of sp³-hybridized carbons (Fsp3) is 0.457. The third kappa shape index (κ3) is 8.82. The van der Waals surface area contributed by atoms with E-state index in [4.69, 9.17) is 14.6 Å². The van der Waals surface area contributed by atoms with Gasteiger partial charge < -0.3 is 34.7 Å². The van der Waals surface area contributed by atoms with E-state index in [1.165, 1.54) is 12.4 Å². The highest BCUT2D eigenvalue weighted by molar-refractivity contribution is 6.76. The Bertz CT molecular complexity index is 1830. The Hall–Kier alpha value is -4.44. The first kappa shape index (κ1) is 35.4. The van der Waals surface area contributed by atoms with Gasteiger partial charge in [0.05, 0.1) is 24.3 Å². The van der Waals surface area contributed by atoms with Crippen LogP contribution in [0.4, 0.5) is 20.7 Å². The second-order valence-electron chi connectivity index (χ2n) is 14.1. The Kier molecular flexibility index (Phi) is 11.1.